The number of nitrogens with one attached hydrogen (secondary N) is 2. The third kappa shape index (κ3) is 6.37. The highest BCUT2D eigenvalue weighted by atomic mass is 32.2. The topological polar surface area (TPSA) is 70.6 Å². The quantitative estimate of drug-likeness (QED) is 0.577. The van der Waals surface area contributed by atoms with Crippen LogP contribution in [-0.4, -0.2) is 23.3 Å². The first-order valence-electron chi connectivity index (χ1n) is 8.29. The van der Waals surface area contributed by atoms with E-state index in [-0.39, 0.29) is 11.8 Å². The molecule has 0 unspecified atom stereocenters. The zero-order chi connectivity index (χ0) is 18.9. The highest BCUT2D eigenvalue weighted by molar-refractivity contribution is 7.99. The Kier molecular flexibility index (Phi) is 7.41. The average Bonchev–Trinajstić information content (AvgIpc) is 2.61. The summed E-state index contributed by atoms with van der Waals surface area (Å²) in [5.74, 6) is 0.871. The first-order chi connectivity index (χ1) is 12.5. The number of thioether (sulfide) groups is 1. The molecule has 2 amide bonds. The second-order valence-electron chi connectivity index (χ2n) is 5.91. The van der Waals surface area contributed by atoms with Gasteiger partial charge in [0.1, 0.15) is 0 Å². The lowest BCUT2D eigenvalue weighted by atomic mass is 10.1. The summed E-state index contributed by atoms with van der Waals surface area (Å²) in [6.07, 6.45) is 0. The van der Waals surface area contributed by atoms with Crippen LogP contribution in [0.4, 0.5) is 5.69 Å². The molecule has 0 bridgehead atoms. The summed E-state index contributed by atoms with van der Waals surface area (Å²) >= 11 is 1.56. The molecule has 0 aromatic heterocycles. The number of anilines is 1. The number of hydrogen-bond acceptors (Lipinski definition) is 4. The highest BCUT2D eigenvalue weighted by Gasteiger charge is 2.04. The van der Waals surface area contributed by atoms with Crippen molar-refractivity contribution in [2.75, 3.05) is 11.1 Å². The third-order valence-corrected chi connectivity index (χ3v) is 4.68. The molecular weight excluding hydrogens is 346 g/mol. The number of rotatable bonds is 7. The minimum absolute atomic E-state index is 0.129. The summed E-state index contributed by atoms with van der Waals surface area (Å²) in [6.45, 7) is 5.34. The number of nitrogens with zero attached hydrogens (tertiary/aromatic N) is 1. The van der Waals surface area contributed by atoms with Gasteiger partial charge in [-0.25, -0.2) is 5.43 Å². The summed E-state index contributed by atoms with van der Waals surface area (Å²) in [6, 6.07) is 15.5. The van der Waals surface area contributed by atoms with Crippen molar-refractivity contribution < 1.29 is 9.59 Å². The Hall–Kier alpha value is -2.60. The van der Waals surface area contributed by atoms with E-state index in [0.717, 1.165) is 11.3 Å². The van der Waals surface area contributed by atoms with Gasteiger partial charge in [-0.3, -0.25) is 9.59 Å². The molecule has 0 heterocycles. The molecule has 2 aromatic carbocycles. The molecule has 0 fully saturated rings. The summed E-state index contributed by atoms with van der Waals surface area (Å²) in [5, 5.41) is 6.88. The van der Waals surface area contributed by atoms with Crippen molar-refractivity contribution in [3.63, 3.8) is 0 Å². The van der Waals surface area contributed by atoms with Crippen LogP contribution in [0.25, 0.3) is 0 Å². The molecule has 0 saturated heterocycles. The van der Waals surface area contributed by atoms with Crippen molar-refractivity contribution in [2.24, 2.45) is 5.10 Å². The van der Waals surface area contributed by atoms with Crippen molar-refractivity contribution in [2.45, 2.75) is 26.5 Å². The van der Waals surface area contributed by atoms with Gasteiger partial charge in [0.25, 0.3) is 0 Å². The maximum Gasteiger partial charge on any atom is 0.250 e. The number of amides is 2. The van der Waals surface area contributed by atoms with Gasteiger partial charge in [-0.1, -0.05) is 36.4 Å². The zero-order valence-electron chi connectivity index (χ0n) is 15.2. The number of carbonyl (C=O) groups excluding carboxylic acids is 2. The molecule has 136 valence electrons. The van der Waals surface area contributed by atoms with E-state index in [0.29, 0.717) is 17.2 Å². The fourth-order valence-corrected chi connectivity index (χ4v) is 3.19. The Bertz CT molecular complexity index is 818. The average molecular weight is 369 g/mol. The van der Waals surface area contributed by atoms with E-state index in [2.05, 4.69) is 34.9 Å². The normalized spacial score (nSPS) is 11.1. The minimum Gasteiger partial charge on any atom is -0.326 e. The van der Waals surface area contributed by atoms with Gasteiger partial charge in [0.2, 0.25) is 11.8 Å². The predicted molar refractivity (Wildman–Crippen MR) is 108 cm³/mol. The smallest absolute Gasteiger partial charge is 0.250 e. The van der Waals surface area contributed by atoms with Crippen LogP contribution in [0.15, 0.2) is 53.6 Å². The van der Waals surface area contributed by atoms with Gasteiger partial charge in [0, 0.05) is 18.4 Å². The molecule has 0 atom stereocenters. The molecule has 26 heavy (non-hydrogen) atoms. The molecule has 0 aliphatic heterocycles. The number of aryl methyl sites for hydroxylation is 1. The Labute approximate surface area is 158 Å². The SMILES string of the molecule is CC(=O)Nc1cccc(/C(C)=N/NC(=O)CSCc2ccccc2C)c1. The molecule has 0 aliphatic carbocycles. The summed E-state index contributed by atoms with van der Waals surface area (Å²) < 4.78 is 0. The molecule has 5 nitrogen and oxygen atoms in total. The van der Waals surface area contributed by atoms with Gasteiger partial charge in [-0.05, 0) is 42.7 Å². The van der Waals surface area contributed by atoms with E-state index in [1.807, 2.05) is 37.3 Å². The van der Waals surface area contributed by atoms with Crippen LogP contribution < -0.4 is 10.7 Å². The van der Waals surface area contributed by atoms with Crippen LogP contribution in [0, 0.1) is 6.92 Å². The fourth-order valence-electron chi connectivity index (χ4n) is 2.29. The van der Waals surface area contributed by atoms with Crippen LogP contribution in [-0.2, 0) is 15.3 Å². The van der Waals surface area contributed by atoms with Crippen molar-refractivity contribution in [1.82, 2.24) is 5.43 Å². The Morgan fingerprint density at radius 1 is 1.08 bits per heavy atom. The lowest BCUT2D eigenvalue weighted by Gasteiger charge is -2.07. The monoisotopic (exact) mass is 369 g/mol. The molecule has 0 aliphatic rings. The Balaban J connectivity index is 1.85. The number of carbonyl (C=O) groups is 2. The van der Waals surface area contributed by atoms with Crippen LogP contribution in [0.3, 0.4) is 0 Å². The van der Waals surface area contributed by atoms with Gasteiger partial charge in [-0.15, -0.1) is 11.8 Å². The molecule has 2 aromatic rings. The highest BCUT2D eigenvalue weighted by Crippen LogP contribution is 2.15. The Morgan fingerprint density at radius 3 is 2.58 bits per heavy atom. The molecular formula is C20H23N3O2S. The predicted octanol–water partition coefficient (Wildman–Crippen LogP) is 3.73. The molecule has 0 saturated carbocycles. The largest absolute Gasteiger partial charge is 0.326 e. The molecule has 0 radical (unpaired) electrons. The van der Waals surface area contributed by atoms with E-state index in [4.69, 9.17) is 0 Å². The van der Waals surface area contributed by atoms with E-state index in [1.165, 1.54) is 18.1 Å². The first kappa shape index (κ1) is 19.7. The van der Waals surface area contributed by atoms with Crippen molar-refractivity contribution in [1.29, 1.82) is 0 Å². The number of benzene rings is 2. The number of hydrazone groups is 1. The molecule has 6 heteroatoms. The van der Waals surface area contributed by atoms with E-state index in [9.17, 15) is 9.59 Å². The second-order valence-corrected chi connectivity index (χ2v) is 6.90. The lowest BCUT2D eigenvalue weighted by molar-refractivity contribution is -0.118. The summed E-state index contributed by atoms with van der Waals surface area (Å²) in [4.78, 5) is 23.1. The molecule has 0 spiro atoms. The second kappa shape index (κ2) is 9.77. The van der Waals surface area contributed by atoms with Crippen molar-refractivity contribution >= 4 is 35.0 Å². The Morgan fingerprint density at radius 2 is 1.85 bits per heavy atom. The maximum atomic E-state index is 12.0. The molecule has 2 rings (SSSR count). The molecule has 2 N–H and O–H groups in total. The van der Waals surface area contributed by atoms with Crippen LogP contribution in [0.1, 0.15) is 30.5 Å². The van der Waals surface area contributed by atoms with Crippen LogP contribution in [0.5, 0.6) is 0 Å². The van der Waals surface area contributed by atoms with Gasteiger partial charge >= 0.3 is 0 Å². The fraction of sp³-hybridized carbons (Fsp3) is 0.250. The van der Waals surface area contributed by atoms with Crippen LogP contribution >= 0.6 is 11.8 Å². The van der Waals surface area contributed by atoms with Crippen molar-refractivity contribution in [3.8, 4) is 0 Å². The lowest BCUT2D eigenvalue weighted by Crippen LogP contribution is -2.21. The van der Waals surface area contributed by atoms with Gasteiger partial charge < -0.3 is 5.32 Å². The van der Waals surface area contributed by atoms with Crippen LogP contribution in [0.2, 0.25) is 0 Å². The summed E-state index contributed by atoms with van der Waals surface area (Å²) in [5.41, 5.74) is 7.26. The van der Waals surface area contributed by atoms with Gasteiger partial charge in [-0.2, -0.15) is 5.10 Å². The van der Waals surface area contributed by atoms with E-state index in [1.54, 1.807) is 17.8 Å². The summed E-state index contributed by atoms with van der Waals surface area (Å²) in [7, 11) is 0. The third-order valence-electron chi connectivity index (χ3n) is 3.70. The first-order valence-corrected chi connectivity index (χ1v) is 9.44. The minimum atomic E-state index is -0.138. The van der Waals surface area contributed by atoms with E-state index < -0.39 is 0 Å². The van der Waals surface area contributed by atoms with Gasteiger partial charge in [0.15, 0.2) is 0 Å². The maximum absolute atomic E-state index is 12.0. The van der Waals surface area contributed by atoms with E-state index >= 15 is 0 Å². The standard InChI is InChI=1S/C20H23N3O2S/c1-14-7-4-5-8-18(14)12-26-13-20(25)23-22-15(2)17-9-6-10-19(11-17)21-16(3)24/h4-11H,12-13H2,1-3H3,(H,21,24)(H,23,25)/b22-15+. The zero-order valence-corrected chi connectivity index (χ0v) is 16.0. The van der Waals surface area contributed by atoms with Crippen molar-refractivity contribution in [3.05, 3.63) is 65.2 Å². The van der Waals surface area contributed by atoms with Gasteiger partial charge in [0.05, 0.1) is 11.5 Å². The number of hydrogen-bond donors (Lipinski definition) is 2.